The number of hydrogen-bond acceptors (Lipinski definition) is 4. The van der Waals surface area contributed by atoms with E-state index in [1.165, 1.54) is 24.2 Å². The van der Waals surface area contributed by atoms with Gasteiger partial charge in [0.15, 0.2) is 0 Å². The lowest BCUT2D eigenvalue weighted by atomic mass is 9.89. The quantitative estimate of drug-likeness (QED) is 0.694. The minimum Gasteiger partial charge on any atom is -0.366 e. The highest BCUT2D eigenvalue weighted by Gasteiger charge is 2.38. The van der Waals surface area contributed by atoms with Gasteiger partial charge in [0.1, 0.15) is 6.04 Å². The molecule has 2 fully saturated rings. The van der Waals surface area contributed by atoms with E-state index < -0.39 is 23.6 Å². The van der Waals surface area contributed by atoms with Crippen molar-refractivity contribution in [2.75, 3.05) is 6.54 Å². The number of amides is 3. The first-order valence-corrected chi connectivity index (χ1v) is 9.96. The Morgan fingerprint density at radius 2 is 1.86 bits per heavy atom. The lowest BCUT2D eigenvalue weighted by Gasteiger charge is -2.25. The monoisotopic (exact) mass is 385 g/mol. The van der Waals surface area contributed by atoms with Gasteiger partial charge in [-0.1, -0.05) is 31.4 Å². The van der Waals surface area contributed by atoms with Gasteiger partial charge in [0.25, 0.3) is 5.91 Å². The van der Waals surface area contributed by atoms with Gasteiger partial charge in [-0.3, -0.25) is 19.2 Å². The second-order valence-electron chi connectivity index (χ2n) is 7.72. The van der Waals surface area contributed by atoms with Gasteiger partial charge in [-0.2, -0.15) is 0 Å². The van der Waals surface area contributed by atoms with Crippen LogP contribution in [0.15, 0.2) is 24.3 Å². The van der Waals surface area contributed by atoms with Crippen molar-refractivity contribution in [3.8, 4) is 0 Å². The molecule has 7 nitrogen and oxygen atoms in total. The summed E-state index contributed by atoms with van der Waals surface area (Å²) in [6, 6.07) is 5.90. The van der Waals surface area contributed by atoms with Crippen molar-refractivity contribution in [1.82, 2.24) is 10.2 Å². The van der Waals surface area contributed by atoms with Crippen LogP contribution in [0.5, 0.6) is 0 Å². The number of nitrogens with zero attached hydrogens (tertiary/aromatic N) is 1. The van der Waals surface area contributed by atoms with Gasteiger partial charge in [0.05, 0.1) is 0 Å². The van der Waals surface area contributed by atoms with Crippen LogP contribution in [0.3, 0.4) is 0 Å². The van der Waals surface area contributed by atoms with E-state index in [1.54, 1.807) is 24.3 Å². The van der Waals surface area contributed by atoms with E-state index in [4.69, 9.17) is 5.73 Å². The van der Waals surface area contributed by atoms with Crippen LogP contribution in [0.1, 0.15) is 60.9 Å². The maximum Gasteiger partial charge on any atom is 0.289 e. The third-order valence-corrected chi connectivity index (χ3v) is 5.70. The smallest absolute Gasteiger partial charge is 0.289 e. The van der Waals surface area contributed by atoms with Gasteiger partial charge in [0, 0.05) is 25.1 Å². The van der Waals surface area contributed by atoms with Crippen molar-refractivity contribution in [3.63, 3.8) is 0 Å². The van der Waals surface area contributed by atoms with E-state index in [1.807, 2.05) is 0 Å². The summed E-state index contributed by atoms with van der Waals surface area (Å²) < 4.78 is 0. The molecule has 1 aliphatic carbocycles. The molecule has 1 aromatic rings. The van der Waals surface area contributed by atoms with Gasteiger partial charge in [-0.15, -0.1) is 0 Å². The second-order valence-corrected chi connectivity index (χ2v) is 7.72. The summed E-state index contributed by atoms with van der Waals surface area (Å²) in [4.78, 5) is 50.1. The number of benzene rings is 1. The topological polar surface area (TPSA) is 110 Å². The fourth-order valence-corrected chi connectivity index (χ4v) is 4.09. The van der Waals surface area contributed by atoms with Crippen molar-refractivity contribution >= 4 is 23.5 Å². The fourth-order valence-electron chi connectivity index (χ4n) is 4.09. The van der Waals surface area contributed by atoms with E-state index in [9.17, 15) is 19.2 Å². The molecule has 0 radical (unpaired) electrons. The molecule has 3 rings (SSSR count). The van der Waals surface area contributed by atoms with Crippen molar-refractivity contribution < 1.29 is 19.2 Å². The number of rotatable bonds is 7. The predicted molar refractivity (Wildman–Crippen MR) is 103 cm³/mol. The highest BCUT2D eigenvalue weighted by Crippen LogP contribution is 2.24. The molecule has 1 aliphatic heterocycles. The molecule has 0 aromatic heterocycles. The molecule has 150 valence electrons. The Bertz CT molecular complexity index is 771. The molecule has 1 unspecified atom stereocenters. The molecule has 1 aromatic carbocycles. The molecule has 0 spiro atoms. The fraction of sp³-hybridized carbons (Fsp3) is 0.524. The van der Waals surface area contributed by atoms with Crippen molar-refractivity contribution in [2.24, 2.45) is 11.7 Å². The lowest BCUT2D eigenvalue weighted by molar-refractivity contribution is -0.143. The molecule has 3 N–H and O–H groups in total. The van der Waals surface area contributed by atoms with Gasteiger partial charge in [0.2, 0.25) is 17.6 Å². The van der Waals surface area contributed by atoms with E-state index in [0.29, 0.717) is 30.0 Å². The molecule has 1 saturated carbocycles. The van der Waals surface area contributed by atoms with Crippen LogP contribution in [0.25, 0.3) is 0 Å². The third-order valence-electron chi connectivity index (χ3n) is 5.70. The van der Waals surface area contributed by atoms with Crippen LogP contribution >= 0.6 is 0 Å². The minimum absolute atomic E-state index is 0.164. The molecular weight excluding hydrogens is 358 g/mol. The lowest BCUT2D eigenvalue weighted by Crippen LogP contribution is -2.46. The van der Waals surface area contributed by atoms with Crippen LogP contribution in [0.2, 0.25) is 0 Å². The zero-order valence-corrected chi connectivity index (χ0v) is 16.0. The highest BCUT2D eigenvalue weighted by atomic mass is 16.2. The molecule has 28 heavy (non-hydrogen) atoms. The Hall–Kier alpha value is -2.70. The first-order chi connectivity index (χ1) is 13.5. The summed E-state index contributed by atoms with van der Waals surface area (Å²) in [5, 5.41) is 2.76. The highest BCUT2D eigenvalue weighted by molar-refractivity contribution is 6.38. The van der Waals surface area contributed by atoms with Crippen LogP contribution in [0, 0.1) is 5.92 Å². The number of carbonyl (C=O) groups is 4. The maximum atomic E-state index is 12.7. The van der Waals surface area contributed by atoms with Gasteiger partial charge in [-0.25, -0.2) is 0 Å². The number of nitrogens with two attached hydrogens (primary N) is 1. The second kappa shape index (κ2) is 8.99. The number of likely N-dealkylation sites (tertiary alicyclic amines) is 1. The Kier molecular flexibility index (Phi) is 6.44. The summed E-state index contributed by atoms with van der Waals surface area (Å²) in [7, 11) is 0. The summed E-state index contributed by atoms with van der Waals surface area (Å²) in [5.41, 5.74) is 6.35. The summed E-state index contributed by atoms with van der Waals surface area (Å²) in [6.45, 7) is 0.693. The number of Topliss-reactive ketones (excluding diaryl/α,β-unsaturated/α-hetero) is 1. The van der Waals surface area contributed by atoms with Crippen LogP contribution in [-0.4, -0.2) is 41.0 Å². The number of nitrogens with one attached hydrogen (secondary N) is 1. The predicted octanol–water partition coefficient (Wildman–Crippen LogP) is 1.54. The molecule has 1 saturated heterocycles. The summed E-state index contributed by atoms with van der Waals surface area (Å²) in [5.74, 6) is -1.45. The van der Waals surface area contributed by atoms with Gasteiger partial charge >= 0.3 is 0 Å². The van der Waals surface area contributed by atoms with E-state index in [2.05, 4.69) is 5.32 Å². The number of hydrogen-bond donors (Lipinski definition) is 2. The zero-order chi connectivity index (χ0) is 20.1. The molecule has 2 aliphatic rings. The third kappa shape index (κ3) is 4.77. The molecule has 0 bridgehead atoms. The number of ketones is 1. The largest absolute Gasteiger partial charge is 0.366 e. The molecule has 1 heterocycles. The van der Waals surface area contributed by atoms with E-state index >= 15 is 0 Å². The summed E-state index contributed by atoms with van der Waals surface area (Å²) in [6.07, 6.45) is 6.32. The average Bonchev–Trinajstić information content (AvgIpc) is 3.06. The van der Waals surface area contributed by atoms with Crippen LogP contribution in [-0.2, 0) is 20.9 Å². The molecule has 3 amide bonds. The SMILES string of the molecule is NC(=O)c1cccc(CN2C(=O)CCC2C(=O)C(=O)NCC2CCCCC2)c1. The zero-order valence-electron chi connectivity index (χ0n) is 16.0. The molecule has 1 atom stereocenters. The maximum absolute atomic E-state index is 12.7. The first-order valence-electron chi connectivity index (χ1n) is 9.96. The van der Waals surface area contributed by atoms with Gasteiger partial charge in [-0.05, 0) is 42.9 Å². The van der Waals surface area contributed by atoms with Crippen LogP contribution < -0.4 is 11.1 Å². The Labute approximate surface area is 164 Å². The Morgan fingerprint density at radius 3 is 2.57 bits per heavy atom. The average molecular weight is 385 g/mol. The standard InChI is InChI=1S/C21H27N3O4/c22-20(27)16-8-4-7-15(11-16)13-24-17(9-10-18(24)25)19(26)21(28)23-12-14-5-2-1-3-6-14/h4,7-8,11,14,17H,1-3,5-6,9-10,12-13H2,(H2,22,27)(H,23,28). The Morgan fingerprint density at radius 1 is 1.11 bits per heavy atom. The van der Waals surface area contributed by atoms with E-state index in [-0.39, 0.29) is 18.9 Å². The van der Waals surface area contributed by atoms with Crippen molar-refractivity contribution in [3.05, 3.63) is 35.4 Å². The summed E-state index contributed by atoms with van der Waals surface area (Å²) >= 11 is 0. The number of primary amides is 1. The van der Waals surface area contributed by atoms with E-state index in [0.717, 1.165) is 12.8 Å². The normalized spacial score (nSPS) is 20.2. The van der Waals surface area contributed by atoms with Crippen molar-refractivity contribution in [2.45, 2.75) is 57.5 Å². The number of carbonyl (C=O) groups excluding carboxylic acids is 4. The Balaban J connectivity index is 1.62. The molecule has 7 heteroatoms. The first kappa shape index (κ1) is 20.0. The van der Waals surface area contributed by atoms with Gasteiger partial charge < -0.3 is 16.0 Å². The van der Waals surface area contributed by atoms with Crippen LogP contribution in [0.4, 0.5) is 0 Å². The molecular formula is C21H27N3O4. The minimum atomic E-state index is -0.754. The van der Waals surface area contributed by atoms with Crippen molar-refractivity contribution in [1.29, 1.82) is 0 Å².